The smallest absolute Gasteiger partial charge is 0.303 e. The van der Waals surface area contributed by atoms with Crippen LogP contribution in [0.5, 0.6) is 0 Å². The van der Waals surface area contributed by atoms with Crippen molar-refractivity contribution in [3.63, 3.8) is 0 Å². The lowest BCUT2D eigenvalue weighted by Crippen LogP contribution is -2.64. The normalized spacial score (nSPS) is 25.3. The van der Waals surface area contributed by atoms with Gasteiger partial charge in [0.15, 0.2) is 0 Å². The van der Waals surface area contributed by atoms with Crippen molar-refractivity contribution in [1.82, 2.24) is 5.32 Å². The van der Waals surface area contributed by atoms with Crippen molar-refractivity contribution < 1.29 is 19.4 Å². The Kier molecular flexibility index (Phi) is 5.14. The Morgan fingerprint density at radius 1 is 1.33 bits per heavy atom. The third-order valence-electron chi connectivity index (χ3n) is 4.29. The number of carbonyl (C=O) groups is 2. The van der Waals surface area contributed by atoms with E-state index in [1.165, 1.54) is 0 Å². The van der Waals surface area contributed by atoms with E-state index in [9.17, 15) is 9.59 Å². The molecule has 1 aliphatic rings. The van der Waals surface area contributed by atoms with Crippen molar-refractivity contribution in [2.24, 2.45) is 5.41 Å². The van der Waals surface area contributed by atoms with Crippen LogP contribution in [-0.2, 0) is 14.3 Å². The highest BCUT2D eigenvalue weighted by Crippen LogP contribution is 2.48. The highest BCUT2D eigenvalue weighted by atomic mass is 16.5. The van der Waals surface area contributed by atoms with Crippen LogP contribution in [0.3, 0.4) is 0 Å². The Morgan fingerprint density at radius 3 is 2.39 bits per heavy atom. The van der Waals surface area contributed by atoms with Gasteiger partial charge in [-0.05, 0) is 19.3 Å². The molecule has 2 unspecified atom stereocenters. The van der Waals surface area contributed by atoms with Gasteiger partial charge in [-0.25, -0.2) is 0 Å². The fourth-order valence-corrected chi connectivity index (χ4v) is 2.97. The standard InChI is InChI=1S/C13H23NO4/c1-4-13(5-2)9(8-10(13)18-3)14-11(15)6-7-12(16)17/h9-10H,4-8H2,1-3H3,(H,14,15)(H,16,17). The van der Waals surface area contributed by atoms with Gasteiger partial charge in [0.05, 0.1) is 12.5 Å². The van der Waals surface area contributed by atoms with Gasteiger partial charge in [0.25, 0.3) is 0 Å². The Balaban J connectivity index is 2.52. The van der Waals surface area contributed by atoms with E-state index in [1.54, 1.807) is 7.11 Å². The average Bonchev–Trinajstić information content (AvgIpc) is 2.33. The van der Waals surface area contributed by atoms with Crippen LogP contribution in [0.1, 0.15) is 46.0 Å². The van der Waals surface area contributed by atoms with Crippen LogP contribution in [0.15, 0.2) is 0 Å². The molecular weight excluding hydrogens is 234 g/mol. The number of carboxylic acids is 1. The zero-order valence-electron chi connectivity index (χ0n) is 11.4. The lowest BCUT2D eigenvalue weighted by Gasteiger charge is -2.55. The number of hydrogen-bond acceptors (Lipinski definition) is 3. The highest BCUT2D eigenvalue weighted by Gasteiger charge is 2.53. The SMILES string of the molecule is CCC1(CC)C(NC(=O)CCC(=O)O)CC1OC. The molecule has 5 heteroatoms. The molecule has 0 aromatic heterocycles. The van der Waals surface area contributed by atoms with Crippen LogP contribution in [-0.4, -0.2) is 36.2 Å². The van der Waals surface area contributed by atoms with Crippen molar-refractivity contribution in [1.29, 1.82) is 0 Å². The number of amides is 1. The molecule has 5 nitrogen and oxygen atoms in total. The third kappa shape index (κ3) is 2.83. The van der Waals surface area contributed by atoms with E-state index in [2.05, 4.69) is 19.2 Å². The van der Waals surface area contributed by atoms with Gasteiger partial charge in [-0.15, -0.1) is 0 Å². The molecule has 0 spiro atoms. The Morgan fingerprint density at radius 2 is 1.94 bits per heavy atom. The molecule has 1 saturated carbocycles. The number of methoxy groups -OCH3 is 1. The second-order valence-corrected chi connectivity index (χ2v) is 4.91. The summed E-state index contributed by atoms with van der Waals surface area (Å²) in [4.78, 5) is 22.1. The fourth-order valence-electron chi connectivity index (χ4n) is 2.97. The van der Waals surface area contributed by atoms with Crippen molar-refractivity contribution in [2.75, 3.05) is 7.11 Å². The monoisotopic (exact) mass is 257 g/mol. The van der Waals surface area contributed by atoms with Gasteiger partial charge in [-0.3, -0.25) is 9.59 Å². The molecule has 0 aliphatic heterocycles. The van der Waals surface area contributed by atoms with Crippen molar-refractivity contribution in [3.8, 4) is 0 Å². The van der Waals surface area contributed by atoms with Crippen LogP contribution < -0.4 is 5.32 Å². The fraction of sp³-hybridized carbons (Fsp3) is 0.846. The zero-order chi connectivity index (χ0) is 13.8. The molecule has 1 rings (SSSR count). The first kappa shape index (κ1) is 15.0. The number of nitrogens with one attached hydrogen (secondary N) is 1. The Bertz CT molecular complexity index is 312. The number of rotatable bonds is 7. The minimum Gasteiger partial charge on any atom is -0.481 e. The molecule has 1 fully saturated rings. The first-order valence-electron chi connectivity index (χ1n) is 6.54. The predicted octanol–water partition coefficient (Wildman–Crippen LogP) is 1.56. The van der Waals surface area contributed by atoms with Gasteiger partial charge >= 0.3 is 5.97 Å². The molecule has 2 atom stereocenters. The van der Waals surface area contributed by atoms with E-state index in [1.807, 2.05) is 0 Å². The third-order valence-corrected chi connectivity index (χ3v) is 4.29. The summed E-state index contributed by atoms with van der Waals surface area (Å²) in [5.74, 6) is -1.12. The van der Waals surface area contributed by atoms with E-state index in [4.69, 9.17) is 9.84 Å². The van der Waals surface area contributed by atoms with Crippen LogP contribution in [0.4, 0.5) is 0 Å². The summed E-state index contributed by atoms with van der Waals surface area (Å²) in [5, 5.41) is 11.5. The molecule has 0 aromatic carbocycles. The van der Waals surface area contributed by atoms with E-state index in [0.29, 0.717) is 0 Å². The Hall–Kier alpha value is -1.10. The number of hydrogen-bond donors (Lipinski definition) is 2. The van der Waals surface area contributed by atoms with E-state index in [-0.39, 0.29) is 36.3 Å². The molecule has 18 heavy (non-hydrogen) atoms. The molecule has 0 heterocycles. The number of aliphatic carboxylic acids is 1. The molecule has 0 saturated heterocycles. The predicted molar refractivity (Wildman–Crippen MR) is 67.2 cm³/mol. The first-order valence-corrected chi connectivity index (χ1v) is 6.54. The molecule has 1 amide bonds. The summed E-state index contributed by atoms with van der Waals surface area (Å²) >= 11 is 0. The average molecular weight is 257 g/mol. The largest absolute Gasteiger partial charge is 0.481 e. The summed E-state index contributed by atoms with van der Waals surface area (Å²) in [7, 11) is 1.70. The van der Waals surface area contributed by atoms with Crippen molar-refractivity contribution in [2.45, 2.75) is 58.1 Å². The van der Waals surface area contributed by atoms with Crippen LogP contribution in [0, 0.1) is 5.41 Å². The van der Waals surface area contributed by atoms with Crippen LogP contribution in [0.2, 0.25) is 0 Å². The van der Waals surface area contributed by atoms with Crippen molar-refractivity contribution in [3.05, 3.63) is 0 Å². The van der Waals surface area contributed by atoms with Gasteiger partial charge < -0.3 is 15.2 Å². The number of carboxylic acid groups (broad SMARTS) is 1. The molecular formula is C13H23NO4. The van der Waals surface area contributed by atoms with E-state index in [0.717, 1.165) is 19.3 Å². The second-order valence-electron chi connectivity index (χ2n) is 4.91. The summed E-state index contributed by atoms with van der Waals surface area (Å²) in [5.41, 5.74) is 0.00757. The number of carbonyl (C=O) groups excluding carboxylic acids is 1. The lowest BCUT2D eigenvalue weighted by atomic mass is 9.58. The Labute approximate surface area is 108 Å². The van der Waals surface area contributed by atoms with Gasteiger partial charge in [0.2, 0.25) is 5.91 Å². The quantitative estimate of drug-likeness (QED) is 0.725. The van der Waals surface area contributed by atoms with Crippen molar-refractivity contribution >= 4 is 11.9 Å². The second kappa shape index (κ2) is 6.18. The zero-order valence-corrected chi connectivity index (χ0v) is 11.4. The molecule has 2 N–H and O–H groups in total. The van der Waals surface area contributed by atoms with E-state index < -0.39 is 5.97 Å². The summed E-state index contributed by atoms with van der Waals surface area (Å²) < 4.78 is 5.45. The minimum atomic E-state index is -0.939. The maximum absolute atomic E-state index is 11.7. The summed E-state index contributed by atoms with van der Waals surface area (Å²) in [6.45, 7) is 4.20. The maximum atomic E-state index is 11.7. The van der Waals surface area contributed by atoms with Gasteiger partial charge in [0, 0.05) is 25.0 Å². The van der Waals surface area contributed by atoms with Crippen LogP contribution in [0.25, 0.3) is 0 Å². The molecule has 0 aromatic rings. The molecule has 0 radical (unpaired) electrons. The van der Waals surface area contributed by atoms with Gasteiger partial charge in [-0.1, -0.05) is 13.8 Å². The summed E-state index contributed by atoms with van der Waals surface area (Å²) in [6, 6.07) is 0.110. The van der Waals surface area contributed by atoms with Crippen LogP contribution >= 0.6 is 0 Å². The van der Waals surface area contributed by atoms with E-state index >= 15 is 0 Å². The topological polar surface area (TPSA) is 75.6 Å². The van der Waals surface area contributed by atoms with Gasteiger partial charge in [-0.2, -0.15) is 0 Å². The number of ether oxygens (including phenoxy) is 1. The summed E-state index contributed by atoms with van der Waals surface area (Å²) in [6.07, 6.45) is 2.84. The molecule has 1 aliphatic carbocycles. The molecule has 0 bridgehead atoms. The maximum Gasteiger partial charge on any atom is 0.303 e. The minimum absolute atomic E-state index is 0.00757. The highest BCUT2D eigenvalue weighted by molar-refractivity contribution is 5.81. The lowest BCUT2D eigenvalue weighted by molar-refractivity contribution is -0.144. The van der Waals surface area contributed by atoms with Gasteiger partial charge in [0.1, 0.15) is 0 Å². The molecule has 104 valence electrons. The first-order chi connectivity index (χ1) is 8.50.